The van der Waals surface area contributed by atoms with E-state index in [0.717, 1.165) is 6.42 Å². The lowest BCUT2D eigenvalue weighted by Gasteiger charge is -2.34. The molecule has 0 N–H and O–H groups in total. The lowest BCUT2D eigenvalue weighted by molar-refractivity contribution is 0.645. The highest BCUT2D eigenvalue weighted by Gasteiger charge is 2.44. The van der Waals surface area contributed by atoms with Crippen molar-refractivity contribution in [1.82, 2.24) is 0 Å². The van der Waals surface area contributed by atoms with Crippen LogP contribution in [-0.2, 0) is 5.41 Å². The second-order valence-electron chi connectivity index (χ2n) is 6.23. The first-order valence-electron chi connectivity index (χ1n) is 8.40. The third kappa shape index (κ3) is 2.18. The molecule has 24 heavy (non-hydrogen) atoms. The fraction of sp³-hybridized carbons (Fsp3) is 0.130. The van der Waals surface area contributed by atoms with Crippen molar-refractivity contribution >= 4 is 31.7 Å². The molecule has 3 aromatic carbocycles. The molecule has 1 aliphatic carbocycles. The number of fused-ring (bicyclic) bond motifs is 1. The normalized spacial score (nSPS) is 19.4. The Kier molecular flexibility index (Phi) is 4.05. The van der Waals surface area contributed by atoms with Crippen LogP contribution in [0.4, 0.5) is 0 Å². The summed E-state index contributed by atoms with van der Waals surface area (Å²) in [6, 6.07) is 30.7. The number of hydrogen-bond donors (Lipinski definition) is 0. The summed E-state index contributed by atoms with van der Waals surface area (Å²) in [7, 11) is 0. The van der Waals surface area contributed by atoms with E-state index < -0.39 is 0 Å². The van der Waals surface area contributed by atoms with Gasteiger partial charge in [0.2, 0.25) is 0 Å². The zero-order valence-electron chi connectivity index (χ0n) is 13.7. The predicted molar refractivity (Wildman–Crippen MR) is 111 cm³/mol. The molecule has 0 bridgehead atoms. The van der Waals surface area contributed by atoms with E-state index in [1.54, 1.807) is 0 Å². The van der Waals surface area contributed by atoms with Crippen LogP contribution in [0.15, 0.2) is 84.9 Å². The van der Waals surface area contributed by atoms with Gasteiger partial charge in [0.15, 0.2) is 0 Å². The molecule has 0 amide bonds. The highest BCUT2D eigenvalue weighted by Crippen LogP contribution is 2.58. The number of benzene rings is 3. The molecular formula is C23H19I. The fourth-order valence-corrected chi connectivity index (χ4v) is 5.32. The second-order valence-corrected chi connectivity index (χ2v) is 7.30. The SMILES string of the molecule is CCC1(c2ccccc2)C(c2ccccc2)=C(I)c2ccccc21. The first kappa shape index (κ1) is 15.6. The van der Waals surface area contributed by atoms with Gasteiger partial charge < -0.3 is 0 Å². The summed E-state index contributed by atoms with van der Waals surface area (Å²) in [6.07, 6.45) is 1.05. The Morgan fingerprint density at radius 2 is 1.33 bits per heavy atom. The monoisotopic (exact) mass is 422 g/mol. The van der Waals surface area contributed by atoms with Crippen LogP contribution in [-0.4, -0.2) is 0 Å². The van der Waals surface area contributed by atoms with E-state index in [-0.39, 0.29) is 5.41 Å². The molecule has 1 heteroatoms. The van der Waals surface area contributed by atoms with Gasteiger partial charge in [-0.1, -0.05) is 91.9 Å². The number of allylic oxidation sites excluding steroid dienone is 1. The Bertz CT molecular complexity index is 894. The quantitative estimate of drug-likeness (QED) is 0.412. The summed E-state index contributed by atoms with van der Waals surface area (Å²) in [5.41, 5.74) is 6.88. The fourth-order valence-electron chi connectivity index (χ4n) is 4.08. The van der Waals surface area contributed by atoms with Crippen LogP contribution in [0.3, 0.4) is 0 Å². The van der Waals surface area contributed by atoms with Gasteiger partial charge in [0, 0.05) is 8.99 Å². The molecule has 0 saturated carbocycles. The van der Waals surface area contributed by atoms with Crippen LogP contribution >= 0.6 is 22.6 Å². The zero-order chi connectivity index (χ0) is 16.6. The minimum absolute atomic E-state index is 0.0737. The number of halogens is 1. The van der Waals surface area contributed by atoms with E-state index in [1.165, 1.54) is 31.4 Å². The van der Waals surface area contributed by atoms with Crippen molar-refractivity contribution in [3.8, 4) is 0 Å². The standard InChI is InChI=1S/C23H19I/c1-2-23(18-13-7-4-8-14-18)20-16-10-9-15-19(20)22(24)21(23)17-11-5-3-6-12-17/h3-16H,2H2,1H3. The highest BCUT2D eigenvalue weighted by atomic mass is 127. The lowest BCUT2D eigenvalue weighted by atomic mass is 9.68. The van der Waals surface area contributed by atoms with Crippen LogP contribution in [0.1, 0.15) is 35.6 Å². The smallest absolute Gasteiger partial charge is 0.0471 e. The minimum atomic E-state index is -0.0737. The summed E-state index contributed by atoms with van der Waals surface area (Å²) < 4.78 is 1.38. The molecule has 1 unspecified atom stereocenters. The summed E-state index contributed by atoms with van der Waals surface area (Å²) in [6.45, 7) is 2.31. The third-order valence-electron chi connectivity index (χ3n) is 5.13. The largest absolute Gasteiger partial charge is 0.0639 e. The van der Waals surface area contributed by atoms with E-state index in [2.05, 4.69) is 114 Å². The Balaban J connectivity index is 2.09. The summed E-state index contributed by atoms with van der Waals surface area (Å²) in [5, 5.41) is 0. The van der Waals surface area contributed by atoms with Crippen LogP contribution in [0, 0.1) is 0 Å². The molecule has 1 atom stereocenters. The van der Waals surface area contributed by atoms with Crippen LogP contribution in [0.2, 0.25) is 0 Å². The van der Waals surface area contributed by atoms with Gasteiger partial charge in [-0.15, -0.1) is 0 Å². The van der Waals surface area contributed by atoms with Gasteiger partial charge in [-0.3, -0.25) is 0 Å². The molecule has 0 aromatic heterocycles. The molecule has 0 aliphatic heterocycles. The second kappa shape index (κ2) is 6.21. The van der Waals surface area contributed by atoms with Gasteiger partial charge in [-0.25, -0.2) is 0 Å². The van der Waals surface area contributed by atoms with Crippen molar-refractivity contribution in [2.45, 2.75) is 18.8 Å². The molecular weight excluding hydrogens is 403 g/mol. The van der Waals surface area contributed by atoms with Gasteiger partial charge in [-0.2, -0.15) is 0 Å². The Labute approximate surface area is 157 Å². The van der Waals surface area contributed by atoms with Gasteiger partial charge in [0.25, 0.3) is 0 Å². The van der Waals surface area contributed by atoms with Crippen molar-refractivity contribution in [1.29, 1.82) is 0 Å². The molecule has 3 aromatic rings. The zero-order valence-corrected chi connectivity index (χ0v) is 15.8. The lowest BCUT2D eigenvalue weighted by Crippen LogP contribution is -2.26. The topological polar surface area (TPSA) is 0 Å². The molecule has 1 aliphatic rings. The molecule has 0 fully saturated rings. The first-order chi connectivity index (χ1) is 11.8. The molecule has 118 valence electrons. The van der Waals surface area contributed by atoms with Crippen molar-refractivity contribution in [3.63, 3.8) is 0 Å². The van der Waals surface area contributed by atoms with E-state index in [0.29, 0.717) is 0 Å². The highest BCUT2D eigenvalue weighted by molar-refractivity contribution is 14.1. The van der Waals surface area contributed by atoms with Crippen molar-refractivity contribution in [3.05, 3.63) is 107 Å². The number of hydrogen-bond acceptors (Lipinski definition) is 0. The summed E-state index contributed by atoms with van der Waals surface area (Å²) in [5.74, 6) is 0. The van der Waals surface area contributed by atoms with Crippen molar-refractivity contribution in [2.75, 3.05) is 0 Å². The Morgan fingerprint density at radius 1 is 0.750 bits per heavy atom. The van der Waals surface area contributed by atoms with E-state index in [1.807, 2.05) is 0 Å². The molecule has 0 heterocycles. The molecule has 0 nitrogen and oxygen atoms in total. The minimum Gasteiger partial charge on any atom is -0.0639 e. The van der Waals surface area contributed by atoms with Crippen molar-refractivity contribution < 1.29 is 0 Å². The molecule has 0 radical (unpaired) electrons. The predicted octanol–water partition coefficient (Wildman–Crippen LogP) is 6.70. The van der Waals surface area contributed by atoms with E-state index in [4.69, 9.17) is 0 Å². The summed E-state index contributed by atoms with van der Waals surface area (Å²) >= 11 is 2.54. The number of rotatable bonds is 3. The van der Waals surface area contributed by atoms with Crippen LogP contribution in [0.25, 0.3) is 9.15 Å². The maximum Gasteiger partial charge on any atom is 0.0471 e. The van der Waals surface area contributed by atoms with Crippen LogP contribution in [0.5, 0.6) is 0 Å². The Morgan fingerprint density at radius 3 is 2.00 bits per heavy atom. The van der Waals surface area contributed by atoms with Crippen molar-refractivity contribution in [2.24, 2.45) is 0 Å². The van der Waals surface area contributed by atoms with Gasteiger partial charge in [0.05, 0.1) is 0 Å². The van der Waals surface area contributed by atoms with Gasteiger partial charge in [-0.05, 0) is 56.8 Å². The average molecular weight is 422 g/mol. The van der Waals surface area contributed by atoms with E-state index in [9.17, 15) is 0 Å². The maximum atomic E-state index is 2.54. The average Bonchev–Trinajstić information content (AvgIpc) is 2.93. The molecule has 0 saturated heterocycles. The first-order valence-corrected chi connectivity index (χ1v) is 9.48. The Hall–Kier alpha value is -1.87. The summed E-state index contributed by atoms with van der Waals surface area (Å²) in [4.78, 5) is 0. The third-order valence-corrected chi connectivity index (χ3v) is 6.25. The van der Waals surface area contributed by atoms with Crippen LogP contribution < -0.4 is 0 Å². The maximum absolute atomic E-state index is 2.54. The molecule has 0 spiro atoms. The van der Waals surface area contributed by atoms with Gasteiger partial charge >= 0.3 is 0 Å². The molecule has 4 rings (SSSR count). The van der Waals surface area contributed by atoms with Gasteiger partial charge in [0.1, 0.15) is 0 Å². The van der Waals surface area contributed by atoms with E-state index >= 15 is 0 Å².